The van der Waals surface area contributed by atoms with Crippen LogP contribution in [-0.4, -0.2) is 43.2 Å². The third-order valence-corrected chi connectivity index (χ3v) is 23.0. The van der Waals surface area contributed by atoms with Gasteiger partial charge < -0.3 is 0 Å². The molecule has 0 aliphatic carbocycles. The molecule has 0 radical (unpaired) electrons. The van der Waals surface area contributed by atoms with Crippen molar-refractivity contribution < 1.29 is 49.8 Å². The van der Waals surface area contributed by atoms with Crippen LogP contribution in [0.5, 0.6) is 28.7 Å². The van der Waals surface area contributed by atoms with E-state index in [4.69, 9.17) is 23.4 Å². The predicted molar refractivity (Wildman–Crippen MR) is 265 cm³/mol. The molecule has 5 rings (SSSR count). The summed E-state index contributed by atoms with van der Waals surface area (Å²) in [5.74, 6) is 0.300. The molecule has 0 spiro atoms. The molecule has 67 heavy (non-hydrogen) atoms. The molecule has 0 N–H and O–H groups in total. The van der Waals surface area contributed by atoms with Gasteiger partial charge in [-0.15, -0.1) is 0 Å². The number of halogens is 6. The van der Waals surface area contributed by atoms with Gasteiger partial charge in [0.1, 0.15) is 0 Å². The molecular formula is C54H68BF6O5P. The average Bonchev–Trinajstić information content (AvgIpc) is 3.16. The summed E-state index contributed by atoms with van der Waals surface area (Å²) in [7, 11) is -1.35. The number of aryl methyl sites for hydroxylation is 11. The van der Waals surface area contributed by atoms with Crippen molar-refractivity contribution in [2.45, 2.75) is 147 Å². The molecule has 0 amide bonds. The van der Waals surface area contributed by atoms with Gasteiger partial charge in [-0.25, -0.2) is 0 Å². The molecule has 0 aromatic heterocycles. The molecule has 364 valence electrons. The van der Waals surface area contributed by atoms with Gasteiger partial charge in [0.25, 0.3) is 0 Å². The first-order chi connectivity index (χ1) is 30.7. The van der Waals surface area contributed by atoms with E-state index in [-0.39, 0.29) is 0 Å². The molecule has 0 heterocycles. The third kappa shape index (κ3) is 9.37. The second-order valence-corrected chi connectivity index (χ2v) is 26.9. The van der Waals surface area contributed by atoms with Gasteiger partial charge in [0.2, 0.25) is 0 Å². The fraction of sp³-hybridized carbons (Fsp3) is 0.444. The van der Waals surface area contributed by atoms with Gasteiger partial charge in [-0.3, -0.25) is 0 Å². The van der Waals surface area contributed by atoms with Crippen LogP contribution in [0.1, 0.15) is 108 Å². The van der Waals surface area contributed by atoms with Gasteiger partial charge in [0.15, 0.2) is 0 Å². The topological polar surface area (TPSA) is 46.2 Å². The molecule has 0 saturated carbocycles. The zero-order valence-electron chi connectivity index (χ0n) is 42.5. The van der Waals surface area contributed by atoms with Gasteiger partial charge in [0.05, 0.1) is 0 Å². The summed E-state index contributed by atoms with van der Waals surface area (Å²) in [4.78, 5) is 0. The van der Waals surface area contributed by atoms with Crippen LogP contribution in [0.25, 0.3) is 0 Å². The van der Waals surface area contributed by atoms with Crippen molar-refractivity contribution in [1.29, 1.82) is 0 Å². The van der Waals surface area contributed by atoms with Gasteiger partial charge in [-0.2, -0.15) is 0 Å². The zero-order valence-corrected chi connectivity index (χ0v) is 43.4. The molecule has 0 unspecified atom stereocenters. The van der Waals surface area contributed by atoms with E-state index in [2.05, 4.69) is 53.7 Å². The number of ether oxygens (including phenoxy) is 2. The van der Waals surface area contributed by atoms with Crippen LogP contribution in [0.15, 0.2) is 60.7 Å². The summed E-state index contributed by atoms with van der Waals surface area (Å²) in [6, 6.07) is 17.8. The first-order valence-corrected chi connectivity index (χ1v) is 24.8. The van der Waals surface area contributed by atoms with Crippen molar-refractivity contribution in [3.63, 3.8) is 0 Å². The molecule has 13 heteroatoms. The van der Waals surface area contributed by atoms with Crippen LogP contribution < -0.4 is 39.4 Å². The predicted octanol–water partition coefficient (Wildman–Crippen LogP) is 14.2. The zero-order chi connectivity index (χ0) is 50.6. The molecule has 5 nitrogen and oxygen atoms in total. The summed E-state index contributed by atoms with van der Waals surface area (Å²) in [5.41, 5.74) is 10.5. The summed E-state index contributed by atoms with van der Waals surface area (Å²) in [6.07, 6.45) is -8.69. The average molecular weight is 953 g/mol. The normalized spacial score (nSPS) is 13.2. The van der Waals surface area contributed by atoms with Crippen LogP contribution in [-0.2, 0) is 0 Å². The minimum atomic E-state index is -4.68. The summed E-state index contributed by atoms with van der Waals surface area (Å²) in [6.45, 7) is 27.0. The van der Waals surface area contributed by atoms with Gasteiger partial charge in [-0.05, 0) is 0 Å². The Morgan fingerprint density at radius 3 is 1.07 bits per heavy atom. The molecule has 0 atom stereocenters. The summed E-state index contributed by atoms with van der Waals surface area (Å²) >= 11 is 0. The van der Waals surface area contributed by atoms with E-state index in [9.17, 15) is 8.78 Å². The quantitative estimate of drug-likeness (QED) is 0.0594. The van der Waals surface area contributed by atoms with Crippen LogP contribution in [0, 0.1) is 83.1 Å². The van der Waals surface area contributed by atoms with Crippen molar-refractivity contribution in [1.82, 2.24) is 0 Å². The monoisotopic (exact) mass is 952 g/mol. The van der Waals surface area contributed by atoms with Gasteiger partial charge in [0, 0.05) is 0 Å². The van der Waals surface area contributed by atoms with Crippen molar-refractivity contribution in [3.05, 3.63) is 127 Å². The molecule has 5 aromatic rings. The van der Waals surface area contributed by atoms with Crippen LogP contribution in [0.4, 0.5) is 26.3 Å². The second-order valence-electron chi connectivity index (χ2n) is 20.5. The summed E-state index contributed by atoms with van der Waals surface area (Å²) < 4.78 is 119. The number of benzene rings is 5. The summed E-state index contributed by atoms with van der Waals surface area (Å²) in [5, 5.41) is 0.131. The Balaban J connectivity index is 2.06. The van der Waals surface area contributed by atoms with E-state index in [1.807, 2.05) is 113 Å². The molecule has 0 fully saturated rings. The Labute approximate surface area is 395 Å². The van der Waals surface area contributed by atoms with Crippen molar-refractivity contribution in [2.24, 2.45) is 0 Å². The maximum atomic E-state index is 15.1. The molecule has 0 aliphatic rings. The van der Waals surface area contributed by atoms with Crippen molar-refractivity contribution >= 4 is 29.8 Å². The molecule has 0 bridgehead atoms. The van der Waals surface area contributed by atoms with Gasteiger partial charge >= 0.3 is 396 Å². The first-order valence-electron chi connectivity index (χ1n) is 22.5. The number of rotatable bonds is 15. The minimum absolute atomic E-state index is 0.319. The third-order valence-electron chi connectivity index (χ3n) is 13.2. The number of alkyl halides is 6. The number of hydrogen-bond donors (Lipinski definition) is 0. The van der Waals surface area contributed by atoms with E-state index in [1.165, 1.54) is 12.1 Å². The molecule has 0 saturated heterocycles. The standard InChI is InChI=1S/C54H68BF6O5P/c1-31-19-34(4)46(35(5)20-31)64-55(65-47-36(6)21-32(2)22-37(47)7)66-48-38(8)25-41(11)50(42(48)12)67(51(13,14)15,52(16,17)18,49-39(9)23-33(3)24-40(49)10)45-27-43(62-53(58,59)29-56)26-44(28-45)63-54(60,61)30-57/h19-28H,29-30H2,1-18H3. The molecule has 5 aromatic carbocycles. The van der Waals surface area contributed by atoms with E-state index in [0.717, 1.165) is 77.9 Å². The van der Waals surface area contributed by atoms with Crippen LogP contribution in [0.3, 0.4) is 0 Å². The Hall–Kier alpha value is -4.83. The van der Waals surface area contributed by atoms with Crippen LogP contribution in [0.2, 0.25) is 0 Å². The second kappa shape index (κ2) is 18.6. The number of hydrogen-bond acceptors (Lipinski definition) is 5. The van der Waals surface area contributed by atoms with Gasteiger partial charge in [-0.1, -0.05) is 0 Å². The molecule has 0 aliphatic heterocycles. The van der Waals surface area contributed by atoms with E-state index in [0.29, 0.717) is 28.1 Å². The Morgan fingerprint density at radius 1 is 0.418 bits per heavy atom. The fourth-order valence-electron chi connectivity index (χ4n) is 11.8. The van der Waals surface area contributed by atoms with E-state index in [1.54, 1.807) is 0 Å². The first kappa shape index (κ1) is 53.1. The van der Waals surface area contributed by atoms with E-state index >= 15 is 17.6 Å². The Morgan fingerprint density at radius 2 is 0.731 bits per heavy atom. The Bertz CT molecular complexity index is 2510. The van der Waals surface area contributed by atoms with E-state index < -0.39 is 61.3 Å². The maximum absolute atomic E-state index is 15.1. The molecular weight excluding hydrogens is 884 g/mol. The SMILES string of the molecule is Cc1cc(C)c(OB(Oc2c(C)cc(C)cc2C)Oc2c(C)cc(C)c(P(c3cc(OC(F)(F)CF)cc(OC(F)(F)CF)c3)(c3c(C)cc(C)cc3C)(C(C)(C)C)C(C)(C)C)c2C)c(C)c1. The fourth-order valence-corrected chi connectivity index (χ4v) is 22.6. The van der Waals surface area contributed by atoms with Crippen LogP contribution >= 0.6 is 6.60 Å². The van der Waals surface area contributed by atoms with Crippen molar-refractivity contribution in [3.8, 4) is 28.7 Å². The van der Waals surface area contributed by atoms with Crippen molar-refractivity contribution in [2.75, 3.05) is 13.3 Å². The Kier molecular flexibility index (Phi) is 14.7.